The lowest BCUT2D eigenvalue weighted by molar-refractivity contribution is -0.149. The molecule has 0 radical (unpaired) electrons. The third-order valence-electron chi connectivity index (χ3n) is 2.25. The van der Waals surface area contributed by atoms with E-state index in [1.165, 1.54) is 0 Å². The van der Waals surface area contributed by atoms with E-state index >= 15 is 0 Å². The number of carbonyl (C=O) groups is 1. The first kappa shape index (κ1) is 8.49. The molecular formula is C7H13NO3. The first-order chi connectivity index (χ1) is 5.09. The van der Waals surface area contributed by atoms with Crippen LogP contribution in [0.5, 0.6) is 0 Å². The van der Waals surface area contributed by atoms with E-state index in [2.05, 4.69) is 0 Å². The molecule has 0 aliphatic carbocycles. The lowest BCUT2D eigenvalue weighted by Gasteiger charge is -2.29. The largest absolute Gasteiger partial charge is 0.480 e. The van der Waals surface area contributed by atoms with Gasteiger partial charge in [-0.1, -0.05) is 0 Å². The number of ether oxygens (including phenoxy) is 1. The molecule has 1 N–H and O–H groups in total. The molecule has 0 spiro atoms. The summed E-state index contributed by atoms with van der Waals surface area (Å²) in [6, 6.07) is 0. The van der Waals surface area contributed by atoms with Crippen LogP contribution in [0.4, 0.5) is 0 Å². The van der Waals surface area contributed by atoms with Gasteiger partial charge in [0.15, 0.2) is 0 Å². The second-order valence-electron chi connectivity index (χ2n) is 3.03. The van der Waals surface area contributed by atoms with Crippen LogP contribution in [0.2, 0.25) is 0 Å². The Hall–Kier alpha value is -0.610. The smallest absolute Gasteiger partial charge is 0.326 e. The van der Waals surface area contributed by atoms with Gasteiger partial charge in [0.05, 0.1) is 6.61 Å². The van der Waals surface area contributed by atoms with Crippen molar-refractivity contribution in [3.63, 3.8) is 0 Å². The Morgan fingerprint density at radius 3 is 2.45 bits per heavy atom. The molecule has 11 heavy (non-hydrogen) atoms. The topological polar surface area (TPSA) is 49.8 Å². The van der Waals surface area contributed by atoms with Crippen LogP contribution in [0, 0.1) is 0 Å². The summed E-state index contributed by atoms with van der Waals surface area (Å²) in [5, 5.41) is 8.91. The molecular weight excluding hydrogens is 146 g/mol. The van der Waals surface area contributed by atoms with Crippen molar-refractivity contribution in [2.24, 2.45) is 0 Å². The molecule has 4 nitrogen and oxygen atoms in total. The van der Waals surface area contributed by atoms with Gasteiger partial charge in [-0.3, -0.25) is 9.69 Å². The zero-order valence-electron chi connectivity index (χ0n) is 6.83. The van der Waals surface area contributed by atoms with Crippen molar-refractivity contribution in [3.05, 3.63) is 0 Å². The molecule has 1 saturated heterocycles. The van der Waals surface area contributed by atoms with Crippen LogP contribution in [0.3, 0.4) is 0 Å². The first-order valence-corrected chi connectivity index (χ1v) is 3.58. The predicted molar refractivity (Wildman–Crippen MR) is 39.5 cm³/mol. The number of hydrogen-bond acceptors (Lipinski definition) is 3. The SMILES string of the molecule is CN(C)C1(C(=O)O)CCOC1. The van der Waals surface area contributed by atoms with Gasteiger partial charge in [-0.25, -0.2) is 0 Å². The second-order valence-corrected chi connectivity index (χ2v) is 3.03. The lowest BCUT2D eigenvalue weighted by atomic mass is 9.98. The van der Waals surface area contributed by atoms with Gasteiger partial charge in [-0.15, -0.1) is 0 Å². The molecule has 4 heteroatoms. The van der Waals surface area contributed by atoms with Crippen LogP contribution < -0.4 is 0 Å². The average molecular weight is 159 g/mol. The van der Waals surface area contributed by atoms with Crippen LogP contribution in [0.25, 0.3) is 0 Å². The van der Waals surface area contributed by atoms with E-state index in [9.17, 15) is 4.79 Å². The Balaban J connectivity index is 2.79. The maximum absolute atomic E-state index is 10.8. The minimum absolute atomic E-state index is 0.301. The highest BCUT2D eigenvalue weighted by atomic mass is 16.5. The fourth-order valence-corrected chi connectivity index (χ4v) is 1.27. The third-order valence-corrected chi connectivity index (χ3v) is 2.25. The number of hydrogen-bond donors (Lipinski definition) is 1. The number of nitrogens with zero attached hydrogens (tertiary/aromatic N) is 1. The highest BCUT2D eigenvalue weighted by molar-refractivity contribution is 5.79. The molecule has 0 aromatic rings. The van der Waals surface area contributed by atoms with Gasteiger partial charge in [-0.2, -0.15) is 0 Å². The molecule has 0 amide bonds. The summed E-state index contributed by atoms with van der Waals surface area (Å²) in [5.74, 6) is -0.792. The van der Waals surface area contributed by atoms with E-state index < -0.39 is 11.5 Å². The van der Waals surface area contributed by atoms with Gasteiger partial charge in [0, 0.05) is 13.0 Å². The van der Waals surface area contributed by atoms with E-state index in [1.54, 1.807) is 19.0 Å². The fourth-order valence-electron chi connectivity index (χ4n) is 1.27. The molecule has 1 rings (SSSR count). The summed E-state index contributed by atoms with van der Waals surface area (Å²) in [5.41, 5.74) is -0.778. The van der Waals surface area contributed by atoms with Crippen molar-refractivity contribution < 1.29 is 14.6 Å². The summed E-state index contributed by atoms with van der Waals surface area (Å²) < 4.78 is 5.06. The molecule has 0 aromatic carbocycles. The zero-order valence-corrected chi connectivity index (χ0v) is 6.83. The van der Waals surface area contributed by atoms with E-state index in [1.807, 2.05) is 0 Å². The van der Waals surface area contributed by atoms with E-state index in [-0.39, 0.29) is 0 Å². The van der Waals surface area contributed by atoms with Crippen LogP contribution in [0.1, 0.15) is 6.42 Å². The van der Waals surface area contributed by atoms with E-state index in [0.29, 0.717) is 19.6 Å². The Bertz CT molecular complexity index is 161. The number of carboxylic acid groups (broad SMARTS) is 1. The normalized spacial score (nSPS) is 31.2. The molecule has 1 aliphatic rings. The zero-order chi connectivity index (χ0) is 8.48. The van der Waals surface area contributed by atoms with Crippen LogP contribution in [0.15, 0.2) is 0 Å². The first-order valence-electron chi connectivity index (χ1n) is 3.58. The predicted octanol–water partition coefficient (Wildman–Crippen LogP) is -0.208. The summed E-state index contributed by atoms with van der Waals surface area (Å²) >= 11 is 0. The molecule has 0 aromatic heterocycles. The fraction of sp³-hybridized carbons (Fsp3) is 0.857. The molecule has 0 bridgehead atoms. The molecule has 1 fully saturated rings. The minimum Gasteiger partial charge on any atom is -0.480 e. The summed E-state index contributed by atoms with van der Waals surface area (Å²) in [4.78, 5) is 12.6. The monoisotopic (exact) mass is 159 g/mol. The van der Waals surface area contributed by atoms with Crippen molar-refractivity contribution in [1.29, 1.82) is 0 Å². The number of carboxylic acids is 1. The number of likely N-dealkylation sites (N-methyl/N-ethyl adjacent to an activating group) is 1. The van der Waals surface area contributed by atoms with Gasteiger partial charge in [0.2, 0.25) is 0 Å². The number of aliphatic carboxylic acids is 1. The molecule has 1 atom stereocenters. The Labute approximate surface area is 65.8 Å². The van der Waals surface area contributed by atoms with Crippen LogP contribution in [-0.2, 0) is 9.53 Å². The minimum atomic E-state index is -0.792. The van der Waals surface area contributed by atoms with E-state index in [4.69, 9.17) is 9.84 Å². The van der Waals surface area contributed by atoms with Crippen molar-refractivity contribution in [3.8, 4) is 0 Å². The highest BCUT2D eigenvalue weighted by Crippen LogP contribution is 2.23. The van der Waals surface area contributed by atoms with Crippen molar-refractivity contribution in [2.75, 3.05) is 27.3 Å². The standard InChI is InChI=1S/C7H13NO3/c1-8(2)7(6(9)10)3-4-11-5-7/h3-5H2,1-2H3,(H,9,10). The molecule has 64 valence electrons. The Morgan fingerprint density at radius 1 is 1.64 bits per heavy atom. The van der Waals surface area contributed by atoms with E-state index in [0.717, 1.165) is 0 Å². The lowest BCUT2D eigenvalue weighted by Crippen LogP contribution is -2.51. The maximum Gasteiger partial charge on any atom is 0.326 e. The van der Waals surface area contributed by atoms with Gasteiger partial charge in [0.25, 0.3) is 0 Å². The summed E-state index contributed by atoms with van der Waals surface area (Å²) in [7, 11) is 3.53. The Kier molecular flexibility index (Phi) is 2.15. The summed E-state index contributed by atoms with van der Waals surface area (Å²) in [6.07, 6.45) is 0.579. The van der Waals surface area contributed by atoms with Gasteiger partial charge in [-0.05, 0) is 14.1 Å². The maximum atomic E-state index is 10.8. The molecule has 1 aliphatic heterocycles. The quantitative estimate of drug-likeness (QED) is 0.605. The molecule has 1 unspecified atom stereocenters. The van der Waals surface area contributed by atoms with Crippen molar-refractivity contribution in [2.45, 2.75) is 12.0 Å². The van der Waals surface area contributed by atoms with Crippen LogP contribution >= 0.6 is 0 Å². The van der Waals surface area contributed by atoms with Crippen molar-refractivity contribution in [1.82, 2.24) is 4.90 Å². The number of rotatable bonds is 2. The average Bonchev–Trinajstić information content (AvgIpc) is 2.34. The Morgan fingerprint density at radius 2 is 2.27 bits per heavy atom. The summed E-state index contributed by atoms with van der Waals surface area (Å²) in [6.45, 7) is 0.847. The molecule has 0 saturated carbocycles. The van der Waals surface area contributed by atoms with Gasteiger partial charge >= 0.3 is 5.97 Å². The molecule has 1 heterocycles. The third kappa shape index (κ3) is 1.23. The van der Waals surface area contributed by atoms with Crippen LogP contribution in [-0.4, -0.2) is 48.8 Å². The highest BCUT2D eigenvalue weighted by Gasteiger charge is 2.44. The van der Waals surface area contributed by atoms with Gasteiger partial charge < -0.3 is 9.84 Å². The van der Waals surface area contributed by atoms with Gasteiger partial charge in [0.1, 0.15) is 5.54 Å². The second kappa shape index (κ2) is 2.79. The van der Waals surface area contributed by atoms with Crippen molar-refractivity contribution >= 4 is 5.97 Å².